The first-order valence-corrected chi connectivity index (χ1v) is 4.56. The highest BCUT2D eigenvalue weighted by atomic mass is 16.5. The van der Waals surface area contributed by atoms with Crippen molar-refractivity contribution in [1.29, 1.82) is 0 Å². The number of hydrogen-bond donors (Lipinski definition) is 1. The first kappa shape index (κ1) is 10.9. The molecule has 3 heteroatoms. The van der Waals surface area contributed by atoms with E-state index >= 15 is 0 Å². The zero-order valence-corrected chi connectivity index (χ0v) is 8.83. The van der Waals surface area contributed by atoms with Crippen molar-refractivity contribution in [2.75, 3.05) is 20.8 Å². The molecule has 1 aromatic carbocycles. The molecule has 0 spiro atoms. The van der Waals surface area contributed by atoms with Crippen molar-refractivity contribution in [3.63, 3.8) is 0 Å². The zero-order valence-electron chi connectivity index (χ0n) is 8.83. The van der Waals surface area contributed by atoms with Crippen LogP contribution in [-0.2, 0) is 6.42 Å². The third-order valence-electron chi connectivity index (χ3n) is 2.29. The van der Waals surface area contributed by atoms with E-state index in [1.807, 2.05) is 19.1 Å². The molecule has 0 bridgehead atoms. The third-order valence-corrected chi connectivity index (χ3v) is 2.29. The second-order valence-corrected chi connectivity index (χ2v) is 3.06. The lowest BCUT2D eigenvalue weighted by Crippen LogP contribution is -1.99. The Morgan fingerprint density at radius 1 is 1.21 bits per heavy atom. The average molecular weight is 196 g/mol. The molecule has 0 heterocycles. The summed E-state index contributed by atoms with van der Waals surface area (Å²) in [6, 6.07) is 3.81. The van der Waals surface area contributed by atoms with Crippen LogP contribution >= 0.6 is 0 Å². The van der Waals surface area contributed by atoms with Crippen molar-refractivity contribution >= 4 is 0 Å². The Bertz CT molecular complexity index is 308. The quantitative estimate of drug-likeness (QED) is 0.794. The normalized spacial score (nSPS) is 10.0. The van der Waals surface area contributed by atoms with Gasteiger partial charge in [0.25, 0.3) is 0 Å². The van der Waals surface area contributed by atoms with E-state index in [1.165, 1.54) is 0 Å². The number of benzene rings is 1. The van der Waals surface area contributed by atoms with Gasteiger partial charge in [-0.15, -0.1) is 0 Å². The molecule has 1 aromatic rings. The van der Waals surface area contributed by atoms with Gasteiger partial charge in [0.1, 0.15) is 0 Å². The fraction of sp³-hybridized carbons (Fsp3) is 0.455. The maximum atomic E-state index is 8.86. The predicted molar refractivity (Wildman–Crippen MR) is 55.1 cm³/mol. The Balaban J connectivity index is 3.13. The van der Waals surface area contributed by atoms with Gasteiger partial charge in [-0.1, -0.05) is 6.07 Å². The summed E-state index contributed by atoms with van der Waals surface area (Å²) in [5, 5.41) is 8.86. The first-order chi connectivity index (χ1) is 6.74. The minimum atomic E-state index is 0.149. The Hall–Kier alpha value is -1.22. The number of hydrogen-bond acceptors (Lipinski definition) is 3. The Morgan fingerprint density at radius 2 is 1.93 bits per heavy atom. The molecule has 14 heavy (non-hydrogen) atoms. The van der Waals surface area contributed by atoms with Gasteiger partial charge in [0.05, 0.1) is 14.2 Å². The van der Waals surface area contributed by atoms with Crippen LogP contribution in [0.15, 0.2) is 12.1 Å². The highest BCUT2D eigenvalue weighted by Gasteiger charge is 2.10. The van der Waals surface area contributed by atoms with Gasteiger partial charge in [0.2, 0.25) is 0 Å². The maximum absolute atomic E-state index is 8.86. The zero-order chi connectivity index (χ0) is 10.6. The van der Waals surface area contributed by atoms with Crippen molar-refractivity contribution < 1.29 is 14.6 Å². The largest absolute Gasteiger partial charge is 0.493 e. The number of aliphatic hydroxyl groups excluding tert-OH is 1. The van der Waals surface area contributed by atoms with Crippen LogP contribution in [0.3, 0.4) is 0 Å². The lowest BCUT2D eigenvalue weighted by Gasteiger charge is -2.13. The van der Waals surface area contributed by atoms with Crippen LogP contribution in [0.4, 0.5) is 0 Å². The Kier molecular flexibility index (Phi) is 3.77. The summed E-state index contributed by atoms with van der Waals surface area (Å²) < 4.78 is 10.4. The van der Waals surface area contributed by atoms with Crippen LogP contribution in [0, 0.1) is 6.92 Å². The smallest absolute Gasteiger partial charge is 0.163 e. The maximum Gasteiger partial charge on any atom is 0.163 e. The van der Waals surface area contributed by atoms with Crippen molar-refractivity contribution in [3.05, 3.63) is 23.3 Å². The third kappa shape index (κ3) is 1.99. The second kappa shape index (κ2) is 4.86. The molecule has 0 unspecified atom stereocenters. The monoisotopic (exact) mass is 196 g/mol. The van der Waals surface area contributed by atoms with Crippen LogP contribution in [-0.4, -0.2) is 25.9 Å². The van der Waals surface area contributed by atoms with Crippen molar-refractivity contribution in [2.24, 2.45) is 0 Å². The van der Waals surface area contributed by atoms with Gasteiger partial charge in [-0.05, 0) is 30.5 Å². The summed E-state index contributed by atoms with van der Waals surface area (Å²) in [6.07, 6.45) is 0.645. The molecule has 0 aromatic heterocycles. The molecule has 0 atom stereocenters. The van der Waals surface area contributed by atoms with Crippen LogP contribution in [0.5, 0.6) is 11.5 Å². The number of aliphatic hydroxyl groups is 1. The lowest BCUT2D eigenvalue weighted by molar-refractivity contribution is 0.298. The molecule has 1 N–H and O–H groups in total. The van der Waals surface area contributed by atoms with Gasteiger partial charge >= 0.3 is 0 Å². The van der Waals surface area contributed by atoms with Crippen molar-refractivity contribution in [1.82, 2.24) is 0 Å². The van der Waals surface area contributed by atoms with E-state index in [2.05, 4.69) is 0 Å². The van der Waals surface area contributed by atoms with Crippen LogP contribution in [0.1, 0.15) is 11.1 Å². The van der Waals surface area contributed by atoms with Crippen LogP contribution in [0.2, 0.25) is 0 Å². The Labute approximate surface area is 84.3 Å². The molecule has 0 fully saturated rings. The highest BCUT2D eigenvalue weighted by molar-refractivity contribution is 5.50. The van der Waals surface area contributed by atoms with Crippen molar-refractivity contribution in [2.45, 2.75) is 13.3 Å². The van der Waals surface area contributed by atoms with Gasteiger partial charge in [-0.25, -0.2) is 0 Å². The number of methoxy groups -OCH3 is 2. The SMILES string of the molecule is COc1ccc(CCO)c(C)c1OC. The fourth-order valence-corrected chi connectivity index (χ4v) is 1.51. The Morgan fingerprint density at radius 3 is 2.43 bits per heavy atom. The molecular formula is C11H16O3. The summed E-state index contributed by atoms with van der Waals surface area (Å²) in [5.74, 6) is 1.48. The van der Waals surface area contributed by atoms with Crippen molar-refractivity contribution in [3.8, 4) is 11.5 Å². The summed E-state index contributed by atoms with van der Waals surface area (Å²) in [5.41, 5.74) is 2.12. The molecular weight excluding hydrogens is 180 g/mol. The molecule has 0 saturated heterocycles. The second-order valence-electron chi connectivity index (χ2n) is 3.06. The van der Waals surface area contributed by atoms with Gasteiger partial charge < -0.3 is 14.6 Å². The molecule has 0 aliphatic heterocycles. The van der Waals surface area contributed by atoms with E-state index in [9.17, 15) is 0 Å². The standard InChI is InChI=1S/C11H16O3/c1-8-9(6-7-12)4-5-10(13-2)11(8)14-3/h4-5,12H,6-7H2,1-3H3. The van der Waals surface area contributed by atoms with Crippen LogP contribution < -0.4 is 9.47 Å². The van der Waals surface area contributed by atoms with Gasteiger partial charge in [-0.3, -0.25) is 0 Å². The highest BCUT2D eigenvalue weighted by Crippen LogP contribution is 2.32. The summed E-state index contributed by atoms with van der Waals surface area (Å²) in [6.45, 7) is 2.11. The van der Waals surface area contributed by atoms with E-state index in [-0.39, 0.29) is 6.61 Å². The van der Waals surface area contributed by atoms with E-state index in [0.29, 0.717) is 6.42 Å². The minimum absolute atomic E-state index is 0.149. The molecule has 0 amide bonds. The minimum Gasteiger partial charge on any atom is -0.493 e. The van der Waals surface area contributed by atoms with E-state index < -0.39 is 0 Å². The molecule has 0 aliphatic carbocycles. The molecule has 3 nitrogen and oxygen atoms in total. The number of rotatable bonds is 4. The first-order valence-electron chi connectivity index (χ1n) is 4.56. The van der Waals surface area contributed by atoms with E-state index in [0.717, 1.165) is 22.6 Å². The lowest BCUT2D eigenvalue weighted by atomic mass is 10.0. The predicted octanol–water partition coefficient (Wildman–Crippen LogP) is 1.55. The molecule has 0 saturated carbocycles. The molecule has 1 rings (SSSR count). The van der Waals surface area contributed by atoms with Crippen LogP contribution in [0.25, 0.3) is 0 Å². The summed E-state index contributed by atoms with van der Waals surface area (Å²) in [7, 11) is 3.23. The van der Waals surface area contributed by atoms with Gasteiger partial charge in [-0.2, -0.15) is 0 Å². The van der Waals surface area contributed by atoms with Gasteiger partial charge in [0, 0.05) is 6.61 Å². The molecule has 78 valence electrons. The van der Waals surface area contributed by atoms with E-state index in [4.69, 9.17) is 14.6 Å². The number of ether oxygens (including phenoxy) is 2. The van der Waals surface area contributed by atoms with E-state index in [1.54, 1.807) is 14.2 Å². The summed E-state index contributed by atoms with van der Waals surface area (Å²) >= 11 is 0. The molecule has 0 aliphatic rings. The summed E-state index contributed by atoms with van der Waals surface area (Å²) in [4.78, 5) is 0. The topological polar surface area (TPSA) is 38.7 Å². The molecule has 0 radical (unpaired) electrons. The fourth-order valence-electron chi connectivity index (χ4n) is 1.51. The average Bonchev–Trinajstić information content (AvgIpc) is 2.21. The van der Waals surface area contributed by atoms with Gasteiger partial charge in [0.15, 0.2) is 11.5 Å².